The van der Waals surface area contributed by atoms with Crippen LogP contribution in [0.4, 0.5) is 4.79 Å². The van der Waals surface area contributed by atoms with E-state index in [0.29, 0.717) is 0 Å². The number of rotatable bonds is 17. The molecular weight excluding hydrogens is 503 g/mol. The first-order valence-electron chi connectivity index (χ1n) is 11.4. The molecule has 3 N–H and O–H groups in total. The van der Waals surface area contributed by atoms with Crippen LogP contribution in [0.3, 0.4) is 0 Å². The Labute approximate surface area is 210 Å². The predicted molar refractivity (Wildman–Crippen MR) is 125 cm³/mol. The van der Waals surface area contributed by atoms with Crippen LogP contribution in [0, 0.1) is 5.92 Å². The van der Waals surface area contributed by atoms with Crippen LogP contribution in [-0.2, 0) is 47.4 Å². The summed E-state index contributed by atoms with van der Waals surface area (Å²) in [6.45, 7) is 8.40. The van der Waals surface area contributed by atoms with E-state index in [1.54, 1.807) is 27.7 Å². The molecule has 0 amide bonds. The Morgan fingerprint density at radius 3 is 1.72 bits per heavy atom. The molecule has 0 aliphatic carbocycles. The van der Waals surface area contributed by atoms with Crippen molar-refractivity contribution in [2.24, 2.45) is 5.92 Å². The molecule has 0 bridgehead atoms. The topological polar surface area (TPSA) is 193 Å². The van der Waals surface area contributed by atoms with Crippen LogP contribution in [0.25, 0.3) is 0 Å². The Hall–Kier alpha value is -2.70. The summed E-state index contributed by atoms with van der Waals surface area (Å²) in [5.41, 5.74) is 0. The van der Waals surface area contributed by atoms with E-state index in [0.717, 1.165) is 0 Å². The molecule has 36 heavy (non-hydrogen) atoms. The molecule has 0 aliphatic rings. The van der Waals surface area contributed by atoms with Crippen molar-refractivity contribution in [3.63, 3.8) is 0 Å². The zero-order chi connectivity index (χ0) is 27.9. The van der Waals surface area contributed by atoms with Gasteiger partial charge in [0.2, 0.25) is 14.2 Å². The largest absolute Gasteiger partial charge is 0.511 e. The maximum Gasteiger partial charge on any atom is 0.511 e. The van der Waals surface area contributed by atoms with Crippen LogP contribution in [0.2, 0.25) is 0 Å². The molecule has 0 saturated heterocycles. The Bertz CT molecular complexity index is 774. The molecule has 3 atom stereocenters. The van der Waals surface area contributed by atoms with E-state index in [4.69, 9.17) is 24.1 Å². The second-order valence-corrected chi connectivity index (χ2v) is 10.3. The number of carbonyl (C=O) groups is 5. The quantitative estimate of drug-likeness (QED) is 0.105. The van der Waals surface area contributed by atoms with Crippen molar-refractivity contribution in [1.82, 2.24) is 10.2 Å². The molecule has 0 rings (SSSR count). The van der Waals surface area contributed by atoms with E-state index < -0.39 is 81.0 Å². The maximum absolute atomic E-state index is 13.8. The molecule has 0 aromatic rings. The number of nitrogens with one attached hydrogen (secondary N) is 2. The molecule has 0 saturated carbocycles. The molecular formula is C21H37N2O12P. The average molecular weight is 541 g/mol. The fourth-order valence-corrected chi connectivity index (χ4v) is 5.48. The molecule has 0 aromatic heterocycles. The predicted octanol–water partition coefficient (Wildman–Crippen LogP) is 1.81. The van der Waals surface area contributed by atoms with Gasteiger partial charge in [0.25, 0.3) is 0 Å². The molecule has 208 valence electrons. The van der Waals surface area contributed by atoms with Crippen molar-refractivity contribution in [2.45, 2.75) is 72.6 Å². The van der Waals surface area contributed by atoms with Crippen molar-refractivity contribution in [1.29, 1.82) is 0 Å². The van der Waals surface area contributed by atoms with E-state index in [1.807, 2.05) is 0 Å². The summed E-state index contributed by atoms with van der Waals surface area (Å²) in [7, 11) is -3.95. The second kappa shape index (κ2) is 16.9. The van der Waals surface area contributed by atoms with Crippen LogP contribution in [-0.4, -0.2) is 79.5 Å². The number of hydrogen-bond acceptors (Lipinski definition) is 11. The van der Waals surface area contributed by atoms with Gasteiger partial charge in [-0.2, -0.15) is 0 Å². The van der Waals surface area contributed by atoms with Crippen LogP contribution >= 0.6 is 7.44 Å². The van der Waals surface area contributed by atoms with Crippen LogP contribution in [0.5, 0.6) is 0 Å². The molecule has 3 unspecified atom stereocenters. The van der Waals surface area contributed by atoms with E-state index in [2.05, 4.69) is 14.9 Å². The third-order valence-electron chi connectivity index (χ3n) is 4.31. The number of hydrogen-bond donors (Lipinski definition) is 3. The van der Waals surface area contributed by atoms with Gasteiger partial charge in [-0.25, -0.2) is 15.0 Å². The van der Waals surface area contributed by atoms with Crippen LogP contribution < -0.4 is 10.2 Å². The van der Waals surface area contributed by atoms with E-state index in [9.17, 15) is 28.5 Å². The summed E-state index contributed by atoms with van der Waals surface area (Å²) in [4.78, 5) is 59.5. The Kier molecular flexibility index (Phi) is 15.6. The minimum Gasteiger partial charge on any atom is -0.481 e. The average Bonchev–Trinajstić information content (AvgIpc) is 2.75. The van der Waals surface area contributed by atoms with E-state index in [-0.39, 0.29) is 19.6 Å². The summed E-state index contributed by atoms with van der Waals surface area (Å²) in [5.74, 6) is -4.97. The van der Waals surface area contributed by atoms with Gasteiger partial charge >= 0.3 is 30.0 Å². The Morgan fingerprint density at radius 1 is 0.806 bits per heavy atom. The highest BCUT2D eigenvalue weighted by Gasteiger charge is 2.37. The molecule has 14 nitrogen and oxygen atoms in total. The van der Waals surface area contributed by atoms with E-state index >= 15 is 0 Å². The smallest absolute Gasteiger partial charge is 0.481 e. The van der Waals surface area contributed by atoms with Crippen LogP contribution in [0.1, 0.15) is 54.4 Å². The third-order valence-corrected chi connectivity index (χ3v) is 6.88. The van der Waals surface area contributed by atoms with Crippen molar-refractivity contribution >= 4 is 37.5 Å². The minimum atomic E-state index is -3.95. The number of carbonyl (C=O) groups excluding carboxylic acids is 4. The summed E-state index contributed by atoms with van der Waals surface area (Å²) in [6, 6.07) is -2.22. The lowest BCUT2D eigenvalue weighted by atomic mass is 10.1. The van der Waals surface area contributed by atoms with Gasteiger partial charge in [-0.3, -0.25) is 23.7 Å². The first kappa shape index (κ1) is 33.3. The fourth-order valence-electron chi connectivity index (χ4n) is 2.78. The highest BCUT2D eigenvalue weighted by atomic mass is 31.2. The van der Waals surface area contributed by atoms with Crippen LogP contribution in [0.15, 0.2) is 0 Å². The molecule has 0 aliphatic heterocycles. The molecule has 0 radical (unpaired) electrons. The number of carboxylic acid groups (broad SMARTS) is 1. The number of aliphatic carboxylic acids is 1. The SMILES string of the molecule is CCOC(=O)C(C)NP(=O)(CC(CCC(=O)O)C(=O)OCOC(=O)OC(C)C)NC(C)C(=O)OCC. The second-order valence-electron chi connectivity index (χ2n) is 7.90. The van der Waals surface area contributed by atoms with Gasteiger partial charge in [-0.15, -0.1) is 0 Å². The normalized spacial score (nSPS) is 15.1. The van der Waals surface area contributed by atoms with Gasteiger partial charge in [0.15, 0.2) is 0 Å². The molecule has 0 aromatic carbocycles. The lowest BCUT2D eigenvalue weighted by Gasteiger charge is -2.28. The zero-order valence-corrected chi connectivity index (χ0v) is 22.3. The van der Waals surface area contributed by atoms with Gasteiger partial charge in [0, 0.05) is 12.6 Å². The van der Waals surface area contributed by atoms with Gasteiger partial charge < -0.3 is 28.8 Å². The third kappa shape index (κ3) is 14.0. The van der Waals surface area contributed by atoms with E-state index in [1.165, 1.54) is 13.8 Å². The minimum absolute atomic E-state index is 0.0641. The van der Waals surface area contributed by atoms with Crippen molar-refractivity contribution in [3.8, 4) is 0 Å². The van der Waals surface area contributed by atoms with Gasteiger partial charge in [0.1, 0.15) is 12.1 Å². The molecule has 15 heteroatoms. The first-order valence-corrected chi connectivity index (χ1v) is 13.3. The fraction of sp³-hybridized carbons (Fsp3) is 0.762. The number of esters is 3. The number of carboxylic acids is 1. The highest BCUT2D eigenvalue weighted by Crippen LogP contribution is 2.41. The van der Waals surface area contributed by atoms with Crippen molar-refractivity contribution < 1.29 is 57.3 Å². The first-order chi connectivity index (χ1) is 16.7. The number of ether oxygens (including phenoxy) is 5. The zero-order valence-electron chi connectivity index (χ0n) is 21.4. The Balaban J connectivity index is 5.71. The monoisotopic (exact) mass is 540 g/mol. The van der Waals surface area contributed by atoms with Gasteiger partial charge in [-0.05, 0) is 48.0 Å². The summed E-state index contributed by atoms with van der Waals surface area (Å²) in [5, 5.41) is 14.2. The maximum atomic E-state index is 13.8. The summed E-state index contributed by atoms with van der Waals surface area (Å²) in [6.07, 6.45) is -2.86. The molecule has 0 fully saturated rings. The standard InChI is InChI=1S/C21H37N2O12P/c1-7-31-18(26)14(5)22-36(30,23-15(6)19(27)32-8-2)11-16(9-10-17(24)25)20(28)33-12-34-21(29)35-13(3)4/h13-16H,7-12H2,1-6H3,(H,24,25)(H2,22,23,30). The summed E-state index contributed by atoms with van der Waals surface area (Å²) >= 11 is 0. The molecule has 0 spiro atoms. The van der Waals surface area contributed by atoms with Crippen molar-refractivity contribution in [3.05, 3.63) is 0 Å². The van der Waals surface area contributed by atoms with Gasteiger partial charge in [-0.1, -0.05) is 0 Å². The van der Waals surface area contributed by atoms with Gasteiger partial charge in [0.05, 0.1) is 25.2 Å². The molecule has 0 heterocycles. The van der Waals surface area contributed by atoms with Crippen molar-refractivity contribution in [2.75, 3.05) is 26.2 Å². The highest BCUT2D eigenvalue weighted by molar-refractivity contribution is 7.60. The lowest BCUT2D eigenvalue weighted by molar-refractivity contribution is -0.158. The lowest BCUT2D eigenvalue weighted by Crippen LogP contribution is -2.44. The summed E-state index contributed by atoms with van der Waals surface area (Å²) < 4.78 is 37.9. The Morgan fingerprint density at radius 2 is 1.31 bits per heavy atom.